The number of hydrogen-bond donors (Lipinski definition) is 3. The van der Waals surface area contributed by atoms with Crippen LogP contribution in [0.5, 0.6) is 11.5 Å². The van der Waals surface area contributed by atoms with Crippen LogP contribution in [0.15, 0.2) is 17.5 Å². The predicted octanol–water partition coefficient (Wildman–Crippen LogP) is 2.55. The fraction of sp³-hybridized carbons (Fsp3) is 0.188. The number of carboxylic acids is 1. The van der Waals surface area contributed by atoms with Gasteiger partial charge in [-0.15, -0.1) is 17.1 Å². The molecule has 0 saturated heterocycles. The molecule has 24 heavy (non-hydrogen) atoms. The quantitative estimate of drug-likeness (QED) is 0.668. The fourth-order valence-corrected chi connectivity index (χ4v) is 3.30. The Labute approximate surface area is 141 Å². The number of aromatic nitrogens is 3. The first-order valence-electron chi connectivity index (χ1n) is 7.19. The number of hydrogen-bond acceptors (Lipinski definition) is 6. The maximum absolute atomic E-state index is 11.8. The van der Waals surface area contributed by atoms with Crippen molar-refractivity contribution in [3.8, 4) is 33.3 Å². The highest BCUT2D eigenvalue weighted by Gasteiger charge is 2.25. The van der Waals surface area contributed by atoms with Crippen LogP contribution in [0.25, 0.3) is 21.8 Å². The molecule has 0 aliphatic carbocycles. The lowest BCUT2D eigenvalue weighted by Crippen LogP contribution is -1.99. The normalized spacial score (nSPS) is 10.9. The lowest BCUT2D eigenvalue weighted by Gasteiger charge is -2.15. The van der Waals surface area contributed by atoms with Gasteiger partial charge in [0.1, 0.15) is 16.5 Å². The number of aromatic amines is 1. The van der Waals surface area contributed by atoms with Gasteiger partial charge in [-0.3, -0.25) is 5.10 Å². The van der Waals surface area contributed by atoms with Crippen LogP contribution in [-0.4, -0.2) is 31.4 Å². The van der Waals surface area contributed by atoms with E-state index in [0.29, 0.717) is 28.1 Å². The molecule has 124 valence electrons. The Kier molecular flexibility index (Phi) is 3.98. The molecule has 0 aliphatic rings. The Balaban J connectivity index is 2.28. The lowest BCUT2D eigenvalue weighted by atomic mass is 10.0. The average Bonchev–Trinajstić information content (AvgIpc) is 3.13. The summed E-state index contributed by atoms with van der Waals surface area (Å²) in [7, 11) is 0. The molecule has 8 heteroatoms. The van der Waals surface area contributed by atoms with E-state index in [1.807, 2.05) is 6.92 Å². The van der Waals surface area contributed by atoms with Gasteiger partial charge < -0.3 is 15.3 Å². The van der Waals surface area contributed by atoms with E-state index in [4.69, 9.17) is 0 Å². The highest BCUT2D eigenvalue weighted by Crippen LogP contribution is 2.40. The molecular weight excluding hydrogens is 330 g/mol. The van der Waals surface area contributed by atoms with E-state index in [9.17, 15) is 20.1 Å². The molecule has 0 aliphatic heterocycles. The van der Waals surface area contributed by atoms with E-state index >= 15 is 0 Å². The molecule has 0 saturated carbocycles. The van der Waals surface area contributed by atoms with Gasteiger partial charge in [-0.1, -0.05) is 12.5 Å². The summed E-state index contributed by atoms with van der Waals surface area (Å²) in [5.74, 6) is -1.68. The van der Waals surface area contributed by atoms with Crippen LogP contribution >= 0.6 is 11.3 Å². The second-order valence-electron chi connectivity index (χ2n) is 5.25. The van der Waals surface area contributed by atoms with Crippen molar-refractivity contribution in [1.29, 1.82) is 0 Å². The number of H-pyrrole nitrogens is 1. The highest BCUT2D eigenvalue weighted by atomic mass is 32.1. The number of thiazole rings is 1. The second-order valence-corrected chi connectivity index (χ2v) is 6.11. The number of aromatic carboxylic acids is 1. The van der Waals surface area contributed by atoms with E-state index in [-0.39, 0.29) is 22.9 Å². The molecule has 2 aromatic heterocycles. The summed E-state index contributed by atoms with van der Waals surface area (Å²) in [5, 5.41) is 40.2. The van der Waals surface area contributed by atoms with Gasteiger partial charge in [-0.2, -0.15) is 5.10 Å². The van der Waals surface area contributed by atoms with Gasteiger partial charge in [0.15, 0.2) is 5.69 Å². The number of aryl methyl sites for hydroxylation is 2. The monoisotopic (exact) mass is 344 g/mol. The molecule has 3 N–H and O–H groups in total. The van der Waals surface area contributed by atoms with E-state index in [2.05, 4.69) is 15.2 Å². The Bertz CT molecular complexity index is 930. The number of phenols is 1. The third kappa shape index (κ3) is 2.61. The SMILES string of the molecule is CCc1cc(-c2n[nH]c(C(=O)O)c2-c2nc(C)cs2)c(O)cc1[O-]. The Morgan fingerprint density at radius 1 is 1.42 bits per heavy atom. The standard InChI is InChI=1S/C16H15N3O4S/c1-3-8-4-9(11(21)5-10(8)20)13-12(14(16(22)23)19-18-13)15-17-7(2)6-24-15/h4-6,20-21H,3H2,1-2H3,(H,18,19)(H,22,23)/p-1. The summed E-state index contributed by atoms with van der Waals surface area (Å²) < 4.78 is 0. The van der Waals surface area contributed by atoms with Crippen LogP contribution < -0.4 is 5.11 Å². The van der Waals surface area contributed by atoms with Crippen molar-refractivity contribution in [2.24, 2.45) is 0 Å². The van der Waals surface area contributed by atoms with Gasteiger partial charge in [0.2, 0.25) is 0 Å². The molecule has 0 amide bonds. The number of phenolic OH excluding ortho intramolecular Hbond substituents is 1. The average molecular weight is 344 g/mol. The van der Waals surface area contributed by atoms with E-state index < -0.39 is 5.97 Å². The number of rotatable bonds is 4. The summed E-state index contributed by atoms with van der Waals surface area (Å²) in [4.78, 5) is 15.8. The molecule has 3 rings (SSSR count). The first-order chi connectivity index (χ1) is 11.4. The molecule has 3 aromatic rings. The minimum absolute atomic E-state index is 0.108. The van der Waals surface area contributed by atoms with Crippen LogP contribution in [0, 0.1) is 6.92 Å². The minimum Gasteiger partial charge on any atom is -0.872 e. The molecule has 0 radical (unpaired) electrons. The first-order valence-corrected chi connectivity index (χ1v) is 8.07. The molecule has 1 aromatic carbocycles. The molecule has 0 spiro atoms. The molecular formula is C16H14N3O4S-. The van der Waals surface area contributed by atoms with Crippen molar-refractivity contribution in [3.63, 3.8) is 0 Å². The summed E-state index contributed by atoms with van der Waals surface area (Å²) >= 11 is 1.29. The maximum Gasteiger partial charge on any atom is 0.354 e. The van der Waals surface area contributed by atoms with Crippen LogP contribution in [-0.2, 0) is 6.42 Å². The van der Waals surface area contributed by atoms with Gasteiger partial charge >= 0.3 is 5.97 Å². The number of carboxylic acid groups (broad SMARTS) is 1. The summed E-state index contributed by atoms with van der Waals surface area (Å²) in [6, 6.07) is 2.67. The Hall–Kier alpha value is -2.87. The third-order valence-electron chi connectivity index (χ3n) is 3.63. The summed E-state index contributed by atoms with van der Waals surface area (Å²) in [5.41, 5.74) is 2.03. The Morgan fingerprint density at radius 3 is 2.75 bits per heavy atom. The molecule has 0 atom stereocenters. The van der Waals surface area contributed by atoms with Gasteiger partial charge in [-0.05, 0) is 25.5 Å². The fourth-order valence-electron chi connectivity index (χ4n) is 2.45. The number of nitrogens with zero attached hydrogens (tertiary/aromatic N) is 2. The van der Waals surface area contributed by atoms with Crippen LogP contribution in [0.4, 0.5) is 0 Å². The molecule has 0 unspecified atom stereocenters. The number of nitrogens with one attached hydrogen (secondary N) is 1. The molecule has 0 bridgehead atoms. The van der Waals surface area contributed by atoms with Gasteiger partial charge in [0, 0.05) is 16.6 Å². The van der Waals surface area contributed by atoms with Crippen LogP contribution in [0.3, 0.4) is 0 Å². The predicted molar refractivity (Wildman–Crippen MR) is 87.3 cm³/mol. The maximum atomic E-state index is 11.8. The zero-order valence-corrected chi connectivity index (χ0v) is 13.8. The number of aromatic hydroxyl groups is 1. The van der Waals surface area contributed by atoms with Crippen LogP contribution in [0.2, 0.25) is 0 Å². The van der Waals surface area contributed by atoms with Crippen molar-refractivity contribution < 1.29 is 20.1 Å². The zero-order chi connectivity index (χ0) is 17.4. The van der Waals surface area contributed by atoms with E-state index in [1.54, 1.807) is 18.4 Å². The smallest absolute Gasteiger partial charge is 0.354 e. The first kappa shape index (κ1) is 16.0. The van der Waals surface area contributed by atoms with Crippen molar-refractivity contribution in [2.75, 3.05) is 0 Å². The molecule has 0 fully saturated rings. The van der Waals surface area contributed by atoms with Crippen molar-refractivity contribution in [1.82, 2.24) is 15.2 Å². The van der Waals surface area contributed by atoms with Crippen LogP contribution in [0.1, 0.15) is 28.7 Å². The third-order valence-corrected chi connectivity index (χ3v) is 4.61. The second kappa shape index (κ2) is 5.97. The molecule has 7 nitrogen and oxygen atoms in total. The lowest BCUT2D eigenvalue weighted by molar-refractivity contribution is -0.269. The van der Waals surface area contributed by atoms with Gasteiger partial charge in [0.25, 0.3) is 0 Å². The van der Waals surface area contributed by atoms with Crippen molar-refractivity contribution in [3.05, 3.63) is 34.5 Å². The van der Waals surface area contributed by atoms with Crippen molar-refractivity contribution >= 4 is 17.3 Å². The van der Waals surface area contributed by atoms with Gasteiger partial charge in [-0.25, -0.2) is 9.78 Å². The number of carbonyl (C=O) groups is 1. The van der Waals surface area contributed by atoms with Crippen molar-refractivity contribution in [2.45, 2.75) is 20.3 Å². The minimum atomic E-state index is -1.17. The summed E-state index contributed by atoms with van der Waals surface area (Å²) in [6.45, 7) is 3.63. The molecule has 2 heterocycles. The largest absolute Gasteiger partial charge is 0.872 e. The van der Waals surface area contributed by atoms with E-state index in [1.165, 1.54) is 11.3 Å². The summed E-state index contributed by atoms with van der Waals surface area (Å²) in [6.07, 6.45) is 0.494. The highest BCUT2D eigenvalue weighted by molar-refractivity contribution is 7.13. The topological polar surface area (TPSA) is 122 Å². The van der Waals surface area contributed by atoms with E-state index in [0.717, 1.165) is 11.8 Å². The van der Waals surface area contributed by atoms with Gasteiger partial charge in [0.05, 0.1) is 5.56 Å². The Morgan fingerprint density at radius 2 is 2.17 bits per heavy atom. The number of benzene rings is 1. The zero-order valence-electron chi connectivity index (χ0n) is 13.0.